The molecule has 1 aromatic heterocycles. The van der Waals surface area contributed by atoms with Gasteiger partial charge in [0.25, 0.3) is 5.91 Å². The molecule has 7 nitrogen and oxygen atoms in total. The minimum atomic E-state index is -0.272. The third-order valence-corrected chi connectivity index (χ3v) is 4.94. The van der Waals surface area contributed by atoms with Crippen molar-refractivity contribution in [3.05, 3.63) is 42.5 Å². The zero-order chi connectivity index (χ0) is 18.6. The topological polar surface area (TPSA) is 84.4 Å². The van der Waals surface area contributed by atoms with Gasteiger partial charge in [0.05, 0.1) is 17.4 Å². The number of piperidine rings is 1. The number of hydrogen-bond acceptors (Lipinski definition) is 6. The number of ether oxygens (including phenoxy) is 1. The first kappa shape index (κ1) is 17.4. The van der Waals surface area contributed by atoms with Gasteiger partial charge in [-0.1, -0.05) is 6.07 Å². The first-order valence-electron chi connectivity index (χ1n) is 8.75. The lowest BCUT2D eigenvalue weighted by Gasteiger charge is -2.26. The zero-order valence-electron chi connectivity index (χ0n) is 14.6. The molecule has 1 aliphatic rings. The smallest absolute Gasteiger partial charge is 0.262 e. The number of rotatable bonds is 5. The van der Waals surface area contributed by atoms with Crippen molar-refractivity contribution in [3.63, 3.8) is 0 Å². The number of fused-ring (bicyclic) bond motifs is 1. The highest BCUT2D eigenvalue weighted by molar-refractivity contribution is 7.00. The highest BCUT2D eigenvalue weighted by Gasteiger charge is 2.19. The van der Waals surface area contributed by atoms with Crippen LogP contribution >= 0.6 is 11.7 Å². The Morgan fingerprint density at radius 1 is 1.15 bits per heavy atom. The van der Waals surface area contributed by atoms with E-state index in [-0.39, 0.29) is 18.4 Å². The second-order valence-corrected chi connectivity index (χ2v) is 6.80. The summed E-state index contributed by atoms with van der Waals surface area (Å²) in [4.78, 5) is 25.9. The van der Waals surface area contributed by atoms with Crippen molar-refractivity contribution >= 4 is 46.0 Å². The maximum absolute atomic E-state index is 12.2. The number of anilines is 2. The van der Waals surface area contributed by atoms with Gasteiger partial charge in [0, 0.05) is 18.7 Å². The van der Waals surface area contributed by atoms with E-state index in [0.717, 1.165) is 42.3 Å². The summed E-state index contributed by atoms with van der Waals surface area (Å²) in [7, 11) is 0. The summed E-state index contributed by atoms with van der Waals surface area (Å²) >= 11 is 1.11. The second-order valence-electron chi connectivity index (χ2n) is 6.27. The van der Waals surface area contributed by atoms with E-state index in [1.807, 2.05) is 24.3 Å². The Labute approximate surface area is 160 Å². The van der Waals surface area contributed by atoms with Crippen molar-refractivity contribution in [2.75, 3.05) is 23.4 Å². The van der Waals surface area contributed by atoms with Gasteiger partial charge in [-0.15, -0.1) is 0 Å². The molecule has 1 saturated heterocycles. The number of benzene rings is 2. The van der Waals surface area contributed by atoms with Crippen molar-refractivity contribution < 1.29 is 14.3 Å². The normalized spacial score (nSPS) is 14.4. The molecule has 27 heavy (non-hydrogen) atoms. The maximum Gasteiger partial charge on any atom is 0.262 e. The van der Waals surface area contributed by atoms with E-state index < -0.39 is 0 Å². The summed E-state index contributed by atoms with van der Waals surface area (Å²) in [5.41, 5.74) is 2.90. The van der Waals surface area contributed by atoms with Gasteiger partial charge in [-0.2, -0.15) is 8.75 Å². The predicted octanol–water partition coefficient (Wildman–Crippen LogP) is 3.23. The molecule has 2 aromatic carbocycles. The highest BCUT2D eigenvalue weighted by Crippen LogP contribution is 2.24. The molecule has 0 radical (unpaired) electrons. The molecule has 8 heteroatoms. The van der Waals surface area contributed by atoms with Gasteiger partial charge in [0.1, 0.15) is 16.8 Å². The number of amides is 2. The van der Waals surface area contributed by atoms with Gasteiger partial charge in [0.2, 0.25) is 5.91 Å². The molecule has 2 amide bonds. The number of aromatic nitrogens is 2. The molecule has 1 aliphatic heterocycles. The highest BCUT2D eigenvalue weighted by atomic mass is 32.1. The van der Waals surface area contributed by atoms with E-state index in [1.165, 1.54) is 0 Å². The molecule has 0 spiro atoms. The molecule has 0 atom stereocenters. The van der Waals surface area contributed by atoms with Crippen LogP contribution in [-0.2, 0) is 9.59 Å². The fourth-order valence-corrected chi connectivity index (χ4v) is 3.59. The van der Waals surface area contributed by atoms with E-state index in [9.17, 15) is 9.59 Å². The van der Waals surface area contributed by atoms with Crippen molar-refractivity contribution in [1.29, 1.82) is 0 Å². The zero-order valence-corrected chi connectivity index (χ0v) is 15.4. The van der Waals surface area contributed by atoms with E-state index >= 15 is 0 Å². The minimum Gasteiger partial charge on any atom is -0.484 e. The molecular weight excluding hydrogens is 364 g/mol. The van der Waals surface area contributed by atoms with E-state index in [1.54, 1.807) is 23.1 Å². The molecular formula is C19H18N4O3S. The largest absolute Gasteiger partial charge is 0.484 e. The lowest BCUT2D eigenvalue weighted by Crippen LogP contribution is -2.35. The van der Waals surface area contributed by atoms with Gasteiger partial charge >= 0.3 is 0 Å². The van der Waals surface area contributed by atoms with Crippen molar-refractivity contribution in [2.45, 2.75) is 19.3 Å². The van der Waals surface area contributed by atoms with Crippen LogP contribution in [-0.4, -0.2) is 33.7 Å². The average molecular weight is 382 g/mol. The van der Waals surface area contributed by atoms with Crippen LogP contribution in [0.15, 0.2) is 42.5 Å². The summed E-state index contributed by atoms with van der Waals surface area (Å²) in [5, 5.41) is 2.80. The summed E-state index contributed by atoms with van der Waals surface area (Å²) < 4.78 is 13.9. The summed E-state index contributed by atoms with van der Waals surface area (Å²) in [6.07, 6.45) is 2.57. The number of nitrogens with one attached hydrogen (secondary N) is 1. The SMILES string of the molecule is O=C(COc1ccc(N2CCCCC2=O)cc1)Nc1cccc2nsnc12. The number of nitrogens with zero attached hydrogens (tertiary/aromatic N) is 3. The Balaban J connectivity index is 1.35. The summed E-state index contributed by atoms with van der Waals surface area (Å²) in [5.74, 6) is 0.456. The van der Waals surface area contributed by atoms with Crippen LogP contribution in [0.1, 0.15) is 19.3 Å². The Bertz CT molecular complexity index is 971. The standard InChI is InChI=1S/C19H18N4O3S/c24-17(20-15-4-3-5-16-19(15)22-27-21-16)12-26-14-9-7-13(8-10-14)23-11-2-1-6-18(23)25/h3-5,7-10H,1-2,6,11-12H2,(H,20,24). The van der Waals surface area contributed by atoms with E-state index in [0.29, 0.717) is 23.4 Å². The lowest BCUT2D eigenvalue weighted by atomic mass is 10.1. The first-order chi connectivity index (χ1) is 13.2. The van der Waals surface area contributed by atoms with Crippen molar-refractivity contribution in [1.82, 2.24) is 8.75 Å². The molecule has 2 heterocycles. The van der Waals surface area contributed by atoms with Crippen LogP contribution in [0.3, 0.4) is 0 Å². The van der Waals surface area contributed by atoms with Gasteiger partial charge in [0.15, 0.2) is 6.61 Å². The van der Waals surface area contributed by atoms with Crippen molar-refractivity contribution in [2.24, 2.45) is 0 Å². The van der Waals surface area contributed by atoms with Gasteiger partial charge in [-0.25, -0.2) is 0 Å². The average Bonchev–Trinajstić information content (AvgIpc) is 3.17. The monoisotopic (exact) mass is 382 g/mol. The number of carbonyl (C=O) groups is 2. The Hall–Kier alpha value is -3.00. The van der Waals surface area contributed by atoms with Crippen LogP contribution in [0, 0.1) is 0 Å². The molecule has 0 saturated carbocycles. The number of carbonyl (C=O) groups excluding carboxylic acids is 2. The van der Waals surface area contributed by atoms with Gasteiger partial charge < -0.3 is 15.0 Å². The second kappa shape index (κ2) is 7.71. The van der Waals surface area contributed by atoms with Crippen LogP contribution in [0.4, 0.5) is 11.4 Å². The number of hydrogen-bond donors (Lipinski definition) is 1. The third kappa shape index (κ3) is 3.90. The summed E-state index contributed by atoms with van der Waals surface area (Å²) in [6, 6.07) is 12.7. The van der Waals surface area contributed by atoms with Gasteiger partial charge in [-0.3, -0.25) is 9.59 Å². The molecule has 0 unspecified atom stereocenters. The molecule has 0 aliphatic carbocycles. The fraction of sp³-hybridized carbons (Fsp3) is 0.263. The summed E-state index contributed by atoms with van der Waals surface area (Å²) in [6.45, 7) is 0.633. The quantitative estimate of drug-likeness (QED) is 0.732. The van der Waals surface area contributed by atoms with Crippen molar-refractivity contribution in [3.8, 4) is 5.75 Å². The van der Waals surface area contributed by atoms with Crippen LogP contribution in [0.2, 0.25) is 0 Å². The minimum absolute atomic E-state index is 0.115. The molecule has 1 N–H and O–H groups in total. The van der Waals surface area contributed by atoms with Crippen LogP contribution in [0.5, 0.6) is 5.75 Å². The van der Waals surface area contributed by atoms with Crippen LogP contribution in [0.25, 0.3) is 11.0 Å². The first-order valence-corrected chi connectivity index (χ1v) is 9.48. The molecule has 0 bridgehead atoms. The van der Waals surface area contributed by atoms with E-state index in [2.05, 4.69) is 14.1 Å². The molecule has 1 fully saturated rings. The molecule has 4 rings (SSSR count). The Morgan fingerprint density at radius 3 is 2.81 bits per heavy atom. The molecule has 138 valence electrons. The molecule has 3 aromatic rings. The predicted molar refractivity (Wildman–Crippen MR) is 104 cm³/mol. The Morgan fingerprint density at radius 2 is 2.00 bits per heavy atom. The third-order valence-electron chi connectivity index (χ3n) is 4.40. The van der Waals surface area contributed by atoms with E-state index in [4.69, 9.17) is 4.74 Å². The Kier molecular flexibility index (Phi) is 4.97. The maximum atomic E-state index is 12.2. The van der Waals surface area contributed by atoms with Crippen LogP contribution < -0.4 is 15.0 Å². The van der Waals surface area contributed by atoms with Gasteiger partial charge in [-0.05, 0) is 49.2 Å². The fourth-order valence-electron chi connectivity index (χ4n) is 3.04. The lowest BCUT2D eigenvalue weighted by molar-refractivity contribution is -0.119.